The summed E-state index contributed by atoms with van der Waals surface area (Å²) in [6.07, 6.45) is 2.04. The lowest BCUT2D eigenvalue weighted by Crippen LogP contribution is -2.02. The van der Waals surface area contributed by atoms with Crippen LogP contribution in [-0.2, 0) is 17.8 Å². The average Bonchev–Trinajstić information content (AvgIpc) is 2.75. The molecule has 0 aliphatic carbocycles. The maximum Gasteiger partial charge on any atom is 0.202 e. The standard InChI is InChI=1S/C11H12N4OS/c1-8(16)6-10-14-11(17-15-10)13-7-9-4-2-3-5-12-9/h2-5H,6-7H2,1H3,(H,13,14,15). The minimum absolute atomic E-state index is 0.0686. The molecule has 2 aromatic heterocycles. The fourth-order valence-corrected chi connectivity index (χ4v) is 1.87. The zero-order valence-electron chi connectivity index (χ0n) is 9.38. The minimum Gasteiger partial charge on any atom is -0.355 e. The molecule has 0 unspecified atom stereocenters. The minimum atomic E-state index is 0.0686. The molecular formula is C11H12N4OS. The Balaban J connectivity index is 1.91. The zero-order chi connectivity index (χ0) is 12.1. The highest BCUT2D eigenvalue weighted by Gasteiger charge is 2.05. The Morgan fingerprint density at radius 2 is 2.35 bits per heavy atom. The number of carbonyl (C=O) groups is 1. The number of carbonyl (C=O) groups excluding carboxylic acids is 1. The largest absolute Gasteiger partial charge is 0.355 e. The van der Waals surface area contributed by atoms with E-state index in [1.54, 1.807) is 6.20 Å². The number of nitrogens with zero attached hydrogens (tertiary/aromatic N) is 3. The van der Waals surface area contributed by atoms with Gasteiger partial charge in [0, 0.05) is 17.7 Å². The Bertz CT molecular complexity index is 497. The van der Waals surface area contributed by atoms with Gasteiger partial charge in [-0.25, -0.2) is 4.98 Å². The van der Waals surface area contributed by atoms with E-state index in [1.807, 2.05) is 18.2 Å². The number of ketones is 1. The van der Waals surface area contributed by atoms with E-state index >= 15 is 0 Å². The van der Waals surface area contributed by atoms with Crippen molar-refractivity contribution in [3.05, 3.63) is 35.9 Å². The van der Waals surface area contributed by atoms with Crippen LogP contribution in [0.25, 0.3) is 0 Å². The summed E-state index contributed by atoms with van der Waals surface area (Å²) in [6, 6.07) is 5.75. The summed E-state index contributed by atoms with van der Waals surface area (Å²) in [5, 5.41) is 3.84. The molecule has 0 saturated carbocycles. The van der Waals surface area contributed by atoms with E-state index in [9.17, 15) is 4.79 Å². The highest BCUT2D eigenvalue weighted by molar-refractivity contribution is 7.09. The number of aromatic nitrogens is 3. The molecule has 0 aromatic carbocycles. The first-order chi connectivity index (χ1) is 8.24. The number of anilines is 1. The fourth-order valence-electron chi connectivity index (χ4n) is 1.29. The molecule has 88 valence electrons. The average molecular weight is 248 g/mol. The van der Waals surface area contributed by atoms with Crippen molar-refractivity contribution in [1.82, 2.24) is 14.3 Å². The van der Waals surface area contributed by atoms with Gasteiger partial charge in [0.15, 0.2) is 5.82 Å². The van der Waals surface area contributed by atoms with E-state index in [0.29, 0.717) is 23.9 Å². The van der Waals surface area contributed by atoms with Crippen LogP contribution >= 0.6 is 11.5 Å². The number of hydrogen-bond acceptors (Lipinski definition) is 6. The van der Waals surface area contributed by atoms with E-state index < -0.39 is 0 Å². The van der Waals surface area contributed by atoms with E-state index in [-0.39, 0.29) is 5.78 Å². The summed E-state index contributed by atoms with van der Waals surface area (Å²) in [6.45, 7) is 2.14. The molecule has 6 heteroatoms. The second-order valence-electron chi connectivity index (χ2n) is 3.57. The van der Waals surface area contributed by atoms with Crippen LogP contribution in [0.5, 0.6) is 0 Å². The van der Waals surface area contributed by atoms with Crippen molar-refractivity contribution in [3.63, 3.8) is 0 Å². The van der Waals surface area contributed by atoms with Crippen molar-refractivity contribution in [1.29, 1.82) is 0 Å². The molecule has 0 bridgehead atoms. The third-order valence-electron chi connectivity index (χ3n) is 2.02. The SMILES string of the molecule is CC(=O)Cc1nsc(NCc2ccccn2)n1. The zero-order valence-corrected chi connectivity index (χ0v) is 10.2. The summed E-state index contributed by atoms with van der Waals surface area (Å²) in [7, 11) is 0. The number of hydrogen-bond donors (Lipinski definition) is 1. The fraction of sp³-hybridized carbons (Fsp3) is 0.273. The lowest BCUT2D eigenvalue weighted by Gasteiger charge is -2.00. The van der Waals surface area contributed by atoms with E-state index in [4.69, 9.17) is 0 Å². The second kappa shape index (κ2) is 5.49. The quantitative estimate of drug-likeness (QED) is 0.871. The van der Waals surface area contributed by atoms with Gasteiger partial charge in [-0.1, -0.05) is 6.07 Å². The van der Waals surface area contributed by atoms with Gasteiger partial charge in [-0.05, 0) is 19.1 Å². The van der Waals surface area contributed by atoms with Crippen LogP contribution in [0.1, 0.15) is 18.4 Å². The van der Waals surface area contributed by atoms with E-state index in [2.05, 4.69) is 19.7 Å². The van der Waals surface area contributed by atoms with E-state index in [1.165, 1.54) is 18.5 Å². The first-order valence-corrected chi connectivity index (χ1v) is 5.97. The molecule has 0 saturated heterocycles. The highest BCUT2D eigenvalue weighted by Crippen LogP contribution is 2.12. The Morgan fingerprint density at radius 1 is 1.47 bits per heavy atom. The van der Waals surface area contributed by atoms with Crippen LogP contribution in [0.2, 0.25) is 0 Å². The smallest absolute Gasteiger partial charge is 0.202 e. The number of rotatable bonds is 5. The van der Waals surface area contributed by atoms with Crippen molar-refractivity contribution >= 4 is 22.4 Å². The predicted molar refractivity (Wildman–Crippen MR) is 65.9 cm³/mol. The molecule has 2 rings (SSSR count). The summed E-state index contributed by atoms with van der Waals surface area (Å²) < 4.78 is 4.10. The summed E-state index contributed by atoms with van der Waals surface area (Å²) in [5.74, 6) is 0.644. The molecular weight excluding hydrogens is 236 g/mol. The molecule has 0 fully saturated rings. The third-order valence-corrected chi connectivity index (χ3v) is 2.73. The Hall–Kier alpha value is -1.82. The molecule has 1 N–H and O–H groups in total. The normalized spacial score (nSPS) is 10.2. The molecule has 5 nitrogen and oxygen atoms in total. The molecule has 0 aliphatic heterocycles. The van der Waals surface area contributed by atoms with Crippen LogP contribution in [0, 0.1) is 0 Å². The Kier molecular flexibility index (Phi) is 3.77. The van der Waals surface area contributed by atoms with Gasteiger partial charge in [-0.15, -0.1) is 0 Å². The lowest BCUT2D eigenvalue weighted by atomic mass is 10.3. The Labute approximate surface area is 103 Å². The van der Waals surface area contributed by atoms with Crippen molar-refractivity contribution < 1.29 is 4.79 Å². The summed E-state index contributed by atoms with van der Waals surface area (Å²) in [4.78, 5) is 19.3. The van der Waals surface area contributed by atoms with Crippen LogP contribution < -0.4 is 5.32 Å². The topological polar surface area (TPSA) is 67.8 Å². The maximum absolute atomic E-state index is 10.9. The number of Topliss-reactive ketones (excluding diaryl/α,β-unsaturated/α-hetero) is 1. The van der Waals surface area contributed by atoms with Crippen LogP contribution in [0.3, 0.4) is 0 Å². The summed E-state index contributed by atoms with van der Waals surface area (Å²) in [5.41, 5.74) is 0.941. The van der Waals surface area contributed by atoms with Gasteiger partial charge in [0.05, 0.1) is 18.7 Å². The molecule has 0 atom stereocenters. The molecule has 0 amide bonds. The molecule has 0 radical (unpaired) electrons. The second-order valence-corrected chi connectivity index (χ2v) is 4.32. The first kappa shape index (κ1) is 11.7. The first-order valence-electron chi connectivity index (χ1n) is 5.20. The van der Waals surface area contributed by atoms with Gasteiger partial charge in [-0.2, -0.15) is 4.37 Å². The number of nitrogens with one attached hydrogen (secondary N) is 1. The molecule has 2 aromatic rings. The van der Waals surface area contributed by atoms with Crippen molar-refractivity contribution in [2.75, 3.05) is 5.32 Å². The van der Waals surface area contributed by atoms with Gasteiger partial charge < -0.3 is 5.32 Å². The monoisotopic (exact) mass is 248 g/mol. The molecule has 2 heterocycles. The highest BCUT2D eigenvalue weighted by atomic mass is 32.1. The van der Waals surface area contributed by atoms with Crippen LogP contribution in [0.15, 0.2) is 24.4 Å². The van der Waals surface area contributed by atoms with Crippen LogP contribution in [0.4, 0.5) is 5.13 Å². The van der Waals surface area contributed by atoms with Gasteiger partial charge >= 0.3 is 0 Å². The number of pyridine rings is 1. The van der Waals surface area contributed by atoms with Crippen molar-refractivity contribution in [2.24, 2.45) is 0 Å². The molecule has 0 spiro atoms. The van der Waals surface area contributed by atoms with Crippen LogP contribution in [-0.4, -0.2) is 20.1 Å². The van der Waals surface area contributed by atoms with Crippen molar-refractivity contribution in [2.45, 2.75) is 19.9 Å². The predicted octanol–water partition coefficient (Wildman–Crippen LogP) is 1.68. The van der Waals surface area contributed by atoms with Gasteiger partial charge in [0.2, 0.25) is 5.13 Å². The lowest BCUT2D eigenvalue weighted by molar-refractivity contribution is -0.116. The van der Waals surface area contributed by atoms with Gasteiger partial charge in [0.1, 0.15) is 5.78 Å². The maximum atomic E-state index is 10.9. The molecule has 0 aliphatic rings. The van der Waals surface area contributed by atoms with Gasteiger partial charge in [-0.3, -0.25) is 9.78 Å². The summed E-state index contributed by atoms with van der Waals surface area (Å²) >= 11 is 1.26. The third kappa shape index (κ3) is 3.60. The van der Waals surface area contributed by atoms with E-state index in [0.717, 1.165) is 5.69 Å². The Morgan fingerprint density at radius 3 is 3.06 bits per heavy atom. The van der Waals surface area contributed by atoms with Crippen molar-refractivity contribution in [3.8, 4) is 0 Å². The molecule has 17 heavy (non-hydrogen) atoms. The van der Waals surface area contributed by atoms with Gasteiger partial charge in [0.25, 0.3) is 0 Å².